The van der Waals surface area contributed by atoms with E-state index in [1.54, 1.807) is 0 Å². The molecule has 1 aromatic rings. The highest BCUT2D eigenvalue weighted by molar-refractivity contribution is 5.28. The third-order valence-corrected chi connectivity index (χ3v) is 1.70. The summed E-state index contributed by atoms with van der Waals surface area (Å²) in [5, 5.41) is 0. The van der Waals surface area contributed by atoms with E-state index in [9.17, 15) is 0 Å². The van der Waals surface area contributed by atoms with E-state index in [1.165, 1.54) is 0 Å². The molecule has 1 aromatic heterocycles. The monoisotopic (exact) mass is 194 g/mol. The topological polar surface area (TPSA) is 48.1 Å². The molecule has 0 atom stereocenters. The second-order valence-corrected chi connectivity index (χ2v) is 4.34. The molecule has 0 saturated heterocycles. The van der Waals surface area contributed by atoms with Crippen LogP contribution >= 0.6 is 0 Å². The number of hydrogen-bond donors (Lipinski definition) is 1. The number of ether oxygens (including phenoxy) is 1. The molecule has 0 unspecified atom stereocenters. The molecule has 3 heteroatoms. The number of pyridine rings is 1. The predicted octanol–water partition coefficient (Wildman–Crippen LogP) is 2.03. The molecular formula is C11H18N2O. The fourth-order valence-corrected chi connectivity index (χ4v) is 1.10. The lowest BCUT2D eigenvalue weighted by molar-refractivity contribution is 0.122. The Labute approximate surface area is 85.3 Å². The SMILES string of the molecule is Cc1ccc(CN)c(OC(C)(C)C)n1. The number of nitrogens with zero attached hydrogens (tertiary/aromatic N) is 1. The molecule has 14 heavy (non-hydrogen) atoms. The summed E-state index contributed by atoms with van der Waals surface area (Å²) in [6, 6.07) is 3.90. The first-order valence-electron chi connectivity index (χ1n) is 4.78. The van der Waals surface area contributed by atoms with Crippen molar-refractivity contribution in [1.29, 1.82) is 0 Å². The Bertz CT molecular complexity index is 316. The highest BCUT2D eigenvalue weighted by atomic mass is 16.5. The Hall–Kier alpha value is -1.09. The Morgan fingerprint density at radius 1 is 1.36 bits per heavy atom. The second kappa shape index (κ2) is 3.96. The first-order valence-corrected chi connectivity index (χ1v) is 4.78. The first kappa shape index (κ1) is 11.0. The Balaban J connectivity index is 2.99. The van der Waals surface area contributed by atoms with E-state index in [1.807, 2.05) is 39.8 Å². The van der Waals surface area contributed by atoms with Gasteiger partial charge in [0.15, 0.2) is 0 Å². The van der Waals surface area contributed by atoms with Gasteiger partial charge in [0.05, 0.1) is 0 Å². The van der Waals surface area contributed by atoms with Crippen LogP contribution in [0.2, 0.25) is 0 Å². The molecule has 0 bridgehead atoms. The number of aryl methyl sites for hydroxylation is 1. The van der Waals surface area contributed by atoms with Gasteiger partial charge in [0, 0.05) is 17.8 Å². The van der Waals surface area contributed by atoms with Gasteiger partial charge in [-0.2, -0.15) is 0 Å². The summed E-state index contributed by atoms with van der Waals surface area (Å²) < 4.78 is 5.71. The molecule has 1 rings (SSSR count). The van der Waals surface area contributed by atoms with Crippen molar-refractivity contribution in [2.45, 2.75) is 39.8 Å². The Morgan fingerprint density at radius 3 is 2.50 bits per heavy atom. The molecule has 1 heterocycles. The minimum absolute atomic E-state index is 0.231. The van der Waals surface area contributed by atoms with Crippen molar-refractivity contribution >= 4 is 0 Å². The van der Waals surface area contributed by atoms with Crippen LogP contribution in [0.25, 0.3) is 0 Å². The summed E-state index contributed by atoms with van der Waals surface area (Å²) in [5.41, 5.74) is 7.26. The largest absolute Gasteiger partial charge is 0.472 e. The van der Waals surface area contributed by atoms with E-state index < -0.39 is 0 Å². The van der Waals surface area contributed by atoms with Crippen LogP contribution < -0.4 is 10.5 Å². The van der Waals surface area contributed by atoms with E-state index in [0.29, 0.717) is 12.4 Å². The van der Waals surface area contributed by atoms with Gasteiger partial charge in [-0.05, 0) is 33.8 Å². The van der Waals surface area contributed by atoms with Crippen LogP contribution in [0.1, 0.15) is 32.0 Å². The molecule has 0 aliphatic heterocycles. The van der Waals surface area contributed by atoms with Crippen LogP contribution in [0.15, 0.2) is 12.1 Å². The zero-order valence-electron chi connectivity index (χ0n) is 9.29. The van der Waals surface area contributed by atoms with Crippen LogP contribution in [-0.2, 0) is 6.54 Å². The zero-order valence-corrected chi connectivity index (χ0v) is 9.29. The van der Waals surface area contributed by atoms with Crippen molar-refractivity contribution in [1.82, 2.24) is 4.98 Å². The maximum atomic E-state index is 5.71. The van der Waals surface area contributed by atoms with Crippen LogP contribution in [0.4, 0.5) is 0 Å². The van der Waals surface area contributed by atoms with Crippen LogP contribution in [0.3, 0.4) is 0 Å². The quantitative estimate of drug-likeness (QED) is 0.783. The predicted molar refractivity (Wildman–Crippen MR) is 57.2 cm³/mol. The maximum Gasteiger partial charge on any atom is 0.218 e. The molecule has 3 nitrogen and oxygen atoms in total. The smallest absolute Gasteiger partial charge is 0.218 e. The maximum absolute atomic E-state index is 5.71. The van der Waals surface area contributed by atoms with Gasteiger partial charge < -0.3 is 10.5 Å². The van der Waals surface area contributed by atoms with E-state index in [-0.39, 0.29) is 5.60 Å². The van der Waals surface area contributed by atoms with Crippen LogP contribution in [0, 0.1) is 6.92 Å². The Morgan fingerprint density at radius 2 is 2.00 bits per heavy atom. The number of nitrogens with two attached hydrogens (primary N) is 1. The van der Waals surface area contributed by atoms with E-state index in [2.05, 4.69) is 4.98 Å². The minimum Gasteiger partial charge on any atom is -0.472 e. The lowest BCUT2D eigenvalue weighted by Gasteiger charge is -2.22. The van der Waals surface area contributed by atoms with E-state index in [4.69, 9.17) is 10.5 Å². The third-order valence-electron chi connectivity index (χ3n) is 1.70. The van der Waals surface area contributed by atoms with Gasteiger partial charge in [0.1, 0.15) is 5.60 Å². The van der Waals surface area contributed by atoms with E-state index >= 15 is 0 Å². The summed E-state index contributed by atoms with van der Waals surface area (Å²) in [6.07, 6.45) is 0. The molecule has 0 aromatic carbocycles. The number of rotatable bonds is 2. The average molecular weight is 194 g/mol. The van der Waals surface area contributed by atoms with Gasteiger partial charge in [0.2, 0.25) is 5.88 Å². The fourth-order valence-electron chi connectivity index (χ4n) is 1.10. The highest BCUT2D eigenvalue weighted by Crippen LogP contribution is 2.20. The summed E-state index contributed by atoms with van der Waals surface area (Å²) in [5.74, 6) is 0.653. The molecule has 0 amide bonds. The molecule has 0 aliphatic rings. The van der Waals surface area contributed by atoms with Crippen molar-refractivity contribution < 1.29 is 4.74 Å². The lowest BCUT2D eigenvalue weighted by Crippen LogP contribution is -2.24. The van der Waals surface area contributed by atoms with E-state index in [0.717, 1.165) is 11.3 Å². The molecule has 2 N–H and O–H groups in total. The summed E-state index contributed by atoms with van der Waals surface area (Å²) >= 11 is 0. The van der Waals surface area contributed by atoms with Gasteiger partial charge >= 0.3 is 0 Å². The molecule has 0 spiro atoms. The van der Waals surface area contributed by atoms with Crippen LogP contribution in [0.5, 0.6) is 5.88 Å². The van der Waals surface area contributed by atoms with Gasteiger partial charge in [0.25, 0.3) is 0 Å². The highest BCUT2D eigenvalue weighted by Gasteiger charge is 2.15. The molecular weight excluding hydrogens is 176 g/mol. The van der Waals surface area contributed by atoms with Gasteiger partial charge in [-0.1, -0.05) is 6.07 Å². The first-order chi connectivity index (χ1) is 6.42. The van der Waals surface area contributed by atoms with Crippen LogP contribution in [-0.4, -0.2) is 10.6 Å². The summed E-state index contributed by atoms with van der Waals surface area (Å²) in [6.45, 7) is 8.39. The molecule has 0 aliphatic carbocycles. The van der Waals surface area contributed by atoms with Crippen molar-refractivity contribution in [3.8, 4) is 5.88 Å². The molecule has 0 radical (unpaired) electrons. The van der Waals surface area contributed by atoms with Crippen molar-refractivity contribution in [3.05, 3.63) is 23.4 Å². The summed E-state index contributed by atoms with van der Waals surface area (Å²) in [7, 11) is 0. The average Bonchev–Trinajstić information content (AvgIpc) is 2.01. The zero-order chi connectivity index (χ0) is 10.8. The van der Waals surface area contributed by atoms with Gasteiger partial charge in [-0.15, -0.1) is 0 Å². The molecule has 0 fully saturated rings. The standard InChI is InChI=1S/C11H18N2O/c1-8-5-6-9(7-12)10(13-8)14-11(2,3)4/h5-6H,7,12H2,1-4H3. The second-order valence-electron chi connectivity index (χ2n) is 4.34. The fraction of sp³-hybridized carbons (Fsp3) is 0.545. The van der Waals surface area contributed by atoms with Crippen molar-refractivity contribution in [3.63, 3.8) is 0 Å². The molecule has 0 saturated carbocycles. The number of aromatic nitrogens is 1. The lowest BCUT2D eigenvalue weighted by atomic mass is 10.2. The normalized spacial score (nSPS) is 11.5. The van der Waals surface area contributed by atoms with Crippen molar-refractivity contribution in [2.24, 2.45) is 5.73 Å². The summed E-state index contributed by atoms with van der Waals surface area (Å²) in [4.78, 5) is 4.33. The van der Waals surface area contributed by atoms with Gasteiger partial charge in [-0.3, -0.25) is 0 Å². The number of hydrogen-bond acceptors (Lipinski definition) is 3. The Kier molecular flexibility index (Phi) is 3.11. The molecule has 78 valence electrons. The van der Waals surface area contributed by atoms with Gasteiger partial charge in [-0.25, -0.2) is 4.98 Å². The van der Waals surface area contributed by atoms with Crippen molar-refractivity contribution in [2.75, 3.05) is 0 Å². The minimum atomic E-state index is -0.231. The third kappa shape index (κ3) is 3.00.